The fourth-order valence-corrected chi connectivity index (χ4v) is 10.3. The van der Waals surface area contributed by atoms with Crippen molar-refractivity contribution in [3.63, 3.8) is 0 Å². The zero-order chi connectivity index (χ0) is 23.6. The van der Waals surface area contributed by atoms with E-state index < -0.39 is 11.6 Å². The molecule has 0 heterocycles. The molecule has 0 aromatic heterocycles. The Morgan fingerprint density at radius 3 is 2.22 bits per heavy atom. The van der Waals surface area contributed by atoms with Crippen LogP contribution in [0.25, 0.3) is 0 Å². The molecule has 0 aromatic rings. The summed E-state index contributed by atoms with van der Waals surface area (Å²) in [5, 5.41) is 32.2. The van der Waals surface area contributed by atoms with E-state index in [-0.39, 0.29) is 28.8 Å². The molecule has 0 bridgehead atoms. The van der Waals surface area contributed by atoms with Gasteiger partial charge in [-0.2, -0.15) is 0 Å². The van der Waals surface area contributed by atoms with E-state index in [9.17, 15) is 20.1 Å². The SMILES string of the molecule is CC[C@@H]1[C@@H]2C[C@H](O)CC[C@]2(C)C2CC[C@@]3(C)C(CC[C@@H]3[C@@H](C)C[C@@H](C)C(=O)O)C2[C@]1(C)O. The van der Waals surface area contributed by atoms with Gasteiger partial charge in [-0.1, -0.05) is 41.0 Å². The van der Waals surface area contributed by atoms with Crippen LogP contribution >= 0.6 is 0 Å². The molecular formula is C28H48O4. The second kappa shape index (κ2) is 8.26. The highest BCUT2D eigenvalue weighted by Crippen LogP contribution is 2.71. The van der Waals surface area contributed by atoms with Crippen molar-refractivity contribution in [1.29, 1.82) is 0 Å². The molecular weight excluding hydrogens is 400 g/mol. The van der Waals surface area contributed by atoms with E-state index in [1.54, 1.807) is 0 Å². The Morgan fingerprint density at radius 1 is 0.969 bits per heavy atom. The normalized spacial score (nSPS) is 52.4. The molecule has 0 spiro atoms. The Hall–Kier alpha value is -0.610. The summed E-state index contributed by atoms with van der Waals surface area (Å²) in [7, 11) is 0. The van der Waals surface area contributed by atoms with Gasteiger partial charge in [0.1, 0.15) is 0 Å². The van der Waals surface area contributed by atoms with Crippen molar-refractivity contribution in [3.05, 3.63) is 0 Å². The fraction of sp³-hybridized carbons (Fsp3) is 0.964. The molecule has 4 aliphatic rings. The van der Waals surface area contributed by atoms with E-state index >= 15 is 0 Å². The van der Waals surface area contributed by atoms with Crippen LogP contribution in [0.2, 0.25) is 0 Å². The number of hydrogen-bond donors (Lipinski definition) is 3. The van der Waals surface area contributed by atoms with Gasteiger partial charge in [0.2, 0.25) is 0 Å². The maximum Gasteiger partial charge on any atom is 0.306 e. The number of fused-ring (bicyclic) bond motifs is 5. The van der Waals surface area contributed by atoms with Crippen molar-refractivity contribution in [2.45, 2.75) is 111 Å². The molecule has 184 valence electrons. The Morgan fingerprint density at radius 2 is 1.59 bits per heavy atom. The maximum atomic E-state index is 12.2. The predicted octanol–water partition coefficient (Wildman–Crippen LogP) is 5.75. The molecule has 4 heteroatoms. The van der Waals surface area contributed by atoms with Gasteiger partial charge in [0.15, 0.2) is 0 Å². The van der Waals surface area contributed by atoms with Gasteiger partial charge >= 0.3 is 5.97 Å². The molecule has 0 radical (unpaired) electrons. The van der Waals surface area contributed by atoms with Crippen LogP contribution in [0.1, 0.15) is 99.3 Å². The van der Waals surface area contributed by atoms with Crippen molar-refractivity contribution in [2.75, 3.05) is 0 Å². The minimum atomic E-state index is -0.695. The number of aliphatic carboxylic acids is 1. The molecule has 3 N–H and O–H groups in total. The highest BCUT2D eigenvalue weighted by Gasteiger charge is 2.68. The largest absolute Gasteiger partial charge is 0.481 e. The second-order valence-electron chi connectivity index (χ2n) is 13.2. The Labute approximate surface area is 195 Å². The van der Waals surface area contributed by atoms with Crippen molar-refractivity contribution in [1.82, 2.24) is 0 Å². The van der Waals surface area contributed by atoms with Gasteiger partial charge in [-0.25, -0.2) is 0 Å². The van der Waals surface area contributed by atoms with Crippen molar-refractivity contribution in [2.24, 2.45) is 58.2 Å². The van der Waals surface area contributed by atoms with Crippen LogP contribution in [0.5, 0.6) is 0 Å². The van der Waals surface area contributed by atoms with Crippen LogP contribution in [0.15, 0.2) is 0 Å². The lowest BCUT2D eigenvalue weighted by molar-refractivity contribution is -0.245. The van der Waals surface area contributed by atoms with Gasteiger partial charge in [0.25, 0.3) is 0 Å². The molecule has 4 aliphatic carbocycles. The zero-order valence-corrected chi connectivity index (χ0v) is 21.3. The summed E-state index contributed by atoms with van der Waals surface area (Å²) in [6.07, 6.45) is 9.07. The van der Waals surface area contributed by atoms with Gasteiger partial charge in [0, 0.05) is 0 Å². The Kier molecular flexibility index (Phi) is 6.32. The lowest BCUT2D eigenvalue weighted by Gasteiger charge is -2.68. The lowest BCUT2D eigenvalue weighted by atomic mass is 9.38. The first-order chi connectivity index (χ1) is 14.9. The lowest BCUT2D eigenvalue weighted by Crippen LogP contribution is -2.66. The quantitative estimate of drug-likeness (QED) is 0.500. The van der Waals surface area contributed by atoms with Crippen molar-refractivity contribution < 1.29 is 20.1 Å². The summed E-state index contributed by atoms with van der Waals surface area (Å²) >= 11 is 0. The van der Waals surface area contributed by atoms with Gasteiger partial charge in [-0.05, 0) is 111 Å². The Balaban J connectivity index is 1.66. The summed E-state index contributed by atoms with van der Waals surface area (Å²) in [6, 6.07) is 0. The number of carboxylic acid groups (broad SMARTS) is 1. The van der Waals surface area contributed by atoms with Crippen LogP contribution in [-0.4, -0.2) is 33.0 Å². The fourth-order valence-electron chi connectivity index (χ4n) is 10.3. The van der Waals surface area contributed by atoms with Gasteiger partial charge < -0.3 is 15.3 Å². The Bertz CT molecular complexity index is 718. The topological polar surface area (TPSA) is 77.8 Å². The molecule has 0 aromatic carbocycles. The molecule has 4 nitrogen and oxygen atoms in total. The summed E-state index contributed by atoms with van der Waals surface area (Å²) < 4.78 is 0. The molecule has 4 saturated carbocycles. The van der Waals surface area contributed by atoms with Crippen LogP contribution < -0.4 is 0 Å². The first-order valence-electron chi connectivity index (χ1n) is 13.5. The third kappa shape index (κ3) is 3.49. The van der Waals surface area contributed by atoms with Gasteiger partial charge in [-0.15, -0.1) is 0 Å². The van der Waals surface area contributed by atoms with Gasteiger partial charge in [0.05, 0.1) is 17.6 Å². The van der Waals surface area contributed by atoms with E-state index in [0.29, 0.717) is 35.5 Å². The van der Waals surface area contributed by atoms with Crippen molar-refractivity contribution in [3.8, 4) is 0 Å². The monoisotopic (exact) mass is 448 g/mol. The third-order valence-corrected chi connectivity index (χ3v) is 11.8. The molecule has 32 heavy (non-hydrogen) atoms. The molecule has 0 saturated heterocycles. The molecule has 3 unspecified atom stereocenters. The standard InChI is InChI=1S/C28H48O4/c1-7-19-23-15-18(29)10-12-27(23,5)22-11-13-26(4)20(16(2)14-17(3)25(30)31)8-9-21(26)24(22)28(19,6)32/h16-24,29,32H,7-15H2,1-6H3,(H,30,31)/t16-,17+,18+,19+,20+,21?,22?,23-,24?,26+,27+,28+/m0/s1. The number of aliphatic hydroxyl groups is 2. The number of carboxylic acids is 1. The maximum absolute atomic E-state index is 12.2. The molecule has 12 atom stereocenters. The minimum Gasteiger partial charge on any atom is -0.481 e. The number of hydrogen-bond acceptors (Lipinski definition) is 3. The average molecular weight is 449 g/mol. The van der Waals surface area contributed by atoms with E-state index in [1.807, 2.05) is 6.92 Å². The van der Waals surface area contributed by atoms with Crippen LogP contribution in [0.4, 0.5) is 0 Å². The van der Waals surface area contributed by atoms with Crippen molar-refractivity contribution >= 4 is 5.97 Å². The van der Waals surface area contributed by atoms with Crippen LogP contribution in [0, 0.1) is 58.2 Å². The first-order valence-corrected chi connectivity index (χ1v) is 13.5. The van der Waals surface area contributed by atoms with Gasteiger partial charge in [-0.3, -0.25) is 4.79 Å². The molecule has 0 aliphatic heterocycles. The van der Waals surface area contributed by atoms with E-state index in [1.165, 1.54) is 25.7 Å². The smallest absolute Gasteiger partial charge is 0.306 e. The van der Waals surface area contributed by atoms with Crippen LogP contribution in [-0.2, 0) is 4.79 Å². The summed E-state index contributed by atoms with van der Waals surface area (Å²) in [6.45, 7) is 13.5. The second-order valence-corrected chi connectivity index (χ2v) is 13.2. The minimum absolute atomic E-state index is 0.193. The number of rotatable bonds is 5. The average Bonchev–Trinajstić information content (AvgIpc) is 3.06. The first kappa shape index (κ1) is 24.5. The number of carbonyl (C=O) groups is 1. The number of aliphatic hydroxyl groups excluding tert-OH is 1. The third-order valence-electron chi connectivity index (χ3n) is 11.8. The summed E-state index contributed by atoms with van der Waals surface area (Å²) in [4.78, 5) is 11.5. The van der Waals surface area contributed by atoms with E-state index in [2.05, 4.69) is 34.6 Å². The molecule has 4 rings (SSSR count). The highest BCUT2D eigenvalue weighted by atomic mass is 16.4. The summed E-state index contributed by atoms with van der Waals surface area (Å²) in [5.41, 5.74) is -0.284. The summed E-state index contributed by atoms with van der Waals surface area (Å²) in [5.74, 6) is 1.99. The molecule has 0 amide bonds. The zero-order valence-electron chi connectivity index (χ0n) is 21.3. The highest BCUT2D eigenvalue weighted by molar-refractivity contribution is 5.69. The predicted molar refractivity (Wildman–Crippen MR) is 127 cm³/mol. The van der Waals surface area contributed by atoms with Crippen LogP contribution in [0.3, 0.4) is 0 Å². The van der Waals surface area contributed by atoms with E-state index in [4.69, 9.17) is 0 Å². The molecule has 4 fully saturated rings. The van der Waals surface area contributed by atoms with E-state index in [0.717, 1.165) is 32.1 Å².